The van der Waals surface area contributed by atoms with Crippen molar-refractivity contribution in [2.24, 2.45) is 11.8 Å². The van der Waals surface area contributed by atoms with E-state index in [9.17, 15) is 4.79 Å². The number of halogens is 2. The van der Waals surface area contributed by atoms with Crippen LogP contribution in [0.5, 0.6) is 0 Å². The Kier molecular flexibility index (Phi) is 5.62. The maximum Gasteiger partial charge on any atom is 0.404 e. The summed E-state index contributed by atoms with van der Waals surface area (Å²) >= 11 is 0. The van der Waals surface area contributed by atoms with E-state index in [2.05, 4.69) is 15.6 Å². The van der Waals surface area contributed by atoms with Crippen molar-refractivity contribution in [3.63, 3.8) is 0 Å². The molecule has 2 fully saturated rings. The highest BCUT2D eigenvalue weighted by Gasteiger charge is 2.66. The fourth-order valence-corrected chi connectivity index (χ4v) is 3.50. The van der Waals surface area contributed by atoms with Crippen molar-refractivity contribution in [1.82, 2.24) is 15.6 Å². The molecule has 1 saturated heterocycles. The number of rotatable bonds is 3. The summed E-state index contributed by atoms with van der Waals surface area (Å²) in [7, 11) is 0. The van der Waals surface area contributed by atoms with Crippen molar-refractivity contribution in [2.45, 2.75) is 11.8 Å². The zero-order chi connectivity index (χ0) is 12.6. The first-order valence-electron chi connectivity index (χ1n) is 6.34. The van der Waals surface area contributed by atoms with Crippen molar-refractivity contribution in [3.05, 3.63) is 30.1 Å². The van der Waals surface area contributed by atoms with E-state index >= 15 is 0 Å². The normalized spacial score (nSPS) is 30.2. The van der Waals surface area contributed by atoms with Crippen molar-refractivity contribution < 1.29 is 9.90 Å². The first-order valence-corrected chi connectivity index (χ1v) is 6.34. The van der Waals surface area contributed by atoms with E-state index in [0.29, 0.717) is 18.4 Å². The third-order valence-corrected chi connectivity index (χ3v) is 4.37. The molecular weight excluding hydrogens is 301 g/mol. The number of carbonyl (C=O) groups is 1. The molecule has 3 rings (SSSR count). The predicted octanol–water partition coefficient (Wildman–Crippen LogP) is 1.67. The number of aromatic nitrogens is 1. The lowest BCUT2D eigenvalue weighted by Crippen LogP contribution is -2.34. The molecule has 5 nitrogen and oxygen atoms in total. The summed E-state index contributed by atoms with van der Waals surface area (Å²) in [6.45, 7) is 2.45. The van der Waals surface area contributed by atoms with Crippen molar-refractivity contribution in [2.75, 3.05) is 19.6 Å². The van der Waals surface area contributed by atoms with Gasteiger partial charge in [0.25, 0.3) is 0 Å². The molecule has 112 valence electrons. The van der Waals surface area contributed by atoms with Crippen molar-refractivity contribution in [1.29, 1.82) is 0 Å². The smallest absolute Gasteiger partial charge is 0.404 e. The fraction of sp³-hybridized carbons (Fsp3) is 0.538. The van der Waals surface area contributed by atoms with E-state index in [1.54, 1.807) is 6.20 Å². The van der Waals surface area contributed by atoms with E-state index < -0.39 is 6.09 Å². The quantitative estimate of drug-likeness (QED) is 0.792. The molecular formula is C13H19Cl2N3O2. The first-order chi connectivity index (χ1) is 8.75. The summed E-state index contributed by atoms with van der Waals surface area (Å²) in [5.41, 5.74) is 0.931. The van der Waals surface area contributed by atoms with Gasteiger partial charge in [-0.1, -0.05) is 6.07 Å². The Morgan fingerprint density at radius 2 is 2.25 bits per heavy atom. The Morgan fingerprint density at radius 1 is 1.45 bits per heavy atom. The number of carboxylic acid groups (broad SMARTS) is 1. The van der Waals surface area contributed by atoms with Gasteiger partial charge in [-0.25, -0.2) is 4.79 Å². The summed E-state index contributed by atoms with van der Waals surface area (Å²) < 4.78 is 0. The van der Waals surface area contributed by atoms with Crippen LogP contribution in [0.2, 0.25) is 0 Å². The first kappa shape index (κ1) is 17.0. The number of pyridine rings is 1. The summed E-state index contributed by atoms with van der Waals surface area (Å²) in [6.07, 6.45) is 1.93. The highest BCUT2D eigenvalue weighted by Crippen LogP contribution is 2.61. The molecule has 2 heterocycles. The number of hydrogen-bond donors (Lipinski definition) is 3. The summed E-state index contributed by atoms with van der Waals surface area (Å²) in [5, 5.41) is 14.8. The van der Waals surface area contributed by atoms with Gasteiger partial charge in [0, 0.05) is 23.9 Å². The third kappa shape index (κ3) is 2.71. The van der Waals surface area contributed by atoms with Crippen LogP contribution in [0.1, 0.15) is 12.1 Å². The Bertz CT molecular complexity index is 446. The number of amides is 1. The second-order valence-electron chi connectivity index (χ2n) is 5.12. The second-order valence-corrected chi connectivity index (χ2v) is 5.12. The molecule has 0 aromatic carbocycles. The van der Waals surface area contributed by atoms with Crippen LogP contribution in [-0.4, -0.2) is 35.8 Å². The topological polar surface area (TPSA) is 74.2 Å². The monoisotopic (exact) mass is 319 g/mol. The SMILES string of the molecule is Cl.Cl.O=C(O)NCC1(c2ccccn2)C2CCNCC21. The molecule has 1 aliphatic heterocycles. The Morgan fingerprint density at radius 3 is 2.80 bits per heavy atom. The molecule has 1 aromatic heterocycles. The van der Waals surface area contributed by atoms with Gasteiger partial charge in [0.1, 0.15) is 0 Å². The van der Waals surface area contributed by atoms with Crippen LogP contribution in [0.3, 0.4) is 0 Å². The Hall–Kier alpha value is -1.04. The molecule has 7 heteroatoms. The standard InChI is InChI=1S/C13H17N3O2.2ClH/c17-12(18)16-8-13(11-3-1-2-5-15-11)9-4-6-14-7-10(9)13;;/h1-3,5,9-10,14,16H,4,6-8H2,(H,17,18);2*1H. The van der Waals surface area contributed by atoms with Gasteiger partial charge in [0.15, 0.2) is 0 Å². The highest BCUT2D eigenvalue weighted by molar-refractivity contribution is 5.85. The molecule has 0 radical (unpaired) electrons. The molecule has 2 aliphatic rings. The van der Waals surface area contributed by atoms with E-state index in [0.717, 1.165) is 25.2 Å². The Labute approximate surface area is 130 Å². The minimum atomic E-state index is -0.957. The average Bonchev–Trinajstić information content (AvgIpc) is 3.07. The number of hydrogen-bond acceptors (Lipinski definition) is 3. The molecule has 3 N–H and O–H groups in total. The van der Waals surface area contributed by atoms with E-state index in [1.165, 1.54) is 0 Å². The lowest BCUT2D eigenvalue weighted by atomic mass is 9.96. The minimum Gasteiger partial charge on any atom is -0.465 e. The molecule has 3 unspecified atom stereocenters. The maximum absolute atomic E-state index is 10.8. The van der Waals surface area contributed by atoms with Crippen molar-refractivity contribution in [3.8, 4) is 0 Å². The van der Waals surface area contributed by atoms with Crippen LogP contribution in [-0.2, 0) is 5.41 Å². The van der Waals surface area contributed by atoms with Gasteiger partial charge in [0.2, 0.25) is 0 Å². The molecule has 1 aliphatic carbocycles. The molecule has 1 amide bonds. The minimum absolute atomic E-state index is 0. The lowest BCUT2D eigenvalue weighted by Gasteiger charge is -2.17. The van der Waals surface area contributed by atoms with E-state index in [-0.39, 0.29) is 30.2 Å². The van der Waals surface area contributed by atoms with Gasteiger partial charge >= 0.3 is 6.09 Å². The third-order valence-electron chi connectivity index (χ3n) is 4.37. The van der Waals surface area contributed by atoms with Gasteiger partial charge in [-0.15, -0.1) is 24.8 Å². The highest BCUT2D eigenvalue weighted by atomic mass is 35.5. The molecule has 20 heavy (non-hydrogen) atoms. The molecule has 1 aromatic rings. The van der Waals surface area contributed by atoms with Gasteiger partial charge in [-0.3, -0.25) is 4.98 Å². The summed E-state index contributed by atoms with van der Waals surface area (Å²) in [4.78, 5) is 15.2. The fourth-order valence-electron chi connectivity index (χ4n) is 3.50. The van der Waals surface area contributed by atoms with Crippen LogP contribution in [0.15, 0.2) is 24.4 Å². The predicted molar refractivity (Wildman–Crippen MR) is 80.9 cm³/mol. The van der Waals surface area contributed by atoms with Gasteiger partial charge in [-0.05, 0) is 43.5 Å². The second kappa shape index (κ2) is 6.61. The number of fused-ring (bicyclic) bond motifs is 1. The van der Waals surface area contributed by atoms with Crippen LogP contribution >= 0.6 is 24.8 Å². The molecule has 0 spiro atoms. The van der Waals surface area contributed by atoms with Gasteiger partial charge in [0.05, 0.1) is 0 Å². The summed E-state index contributed by atoms with van der Waals surface area (Å²) in [6, 6.07) is 5.89. The van der Waals surface area contributed by atoms with Crippen LogP contribution < -0.4 is 10.6 Å². The van der Waals surface area contributed by atoms with E-state index in [4.69, 9.17) is 5.11 Å². The zero-order valence-electron chi connectivity index (χ0n) is 10.9. The van der Waals surface area contributed by atoms with Crippen LogP contribution in [0.25, 0.3) is 0 Å². The van der Waals surface area contributed by atoms with Gasteiger partial charge in [-0.2, -0.15) is 0 Å². The zero-order valence-corrected chi connectivity index (χ0v) is 12.5. The Balaban J connectivity index is 0.000001000. The number of nitrogens with one attached hydrogen (secondary N) is 2. The van der Waals surface area contributed by atoms with E-state index in [1.807, 2.05) is 18.2 Å². The largest absolute Gasteiger partial charge is 0.465 e. The van der Waals surface area contributed by atoms with Crippen LogP contribution in [0, 0.1) is 11.8 Å². The summed E-state index contributed by atoms with van der Waals surface area (Å²) in [5.74, 6) is 1.06. The maximum atomic E-state index is 10.8. The molecule has 1 saturated carbocycles. The molecule has 3 atom stereocenters. The lowest BCUT2D eigenvalue weighted by molar-refractivity contribution is 0.192. The number of piperidine rings is 1. The van der Waals surface area contributed by atoms with Gasteiger partial charge < -0.3 is 15.7 Å². The number of nitrogens with zero attached hydrogens (tertiary/aromatic N) is 1. The van der Waals surface area contributed by atoms with Crippen molar-refractivity contribution >= 4 is 30.9 Å². The molecule has 0 bridgehead atoms. The van der Waals surface area contributed by atoms with Crippen LogP contribution in [0.4, 0.5) is 4.79 Å². The average molecular weight is 320 g/mol.